The molecule has 0 bridgehead atoms. The smallest absolute Gasteiger partial charge is 0.272 e. The van der Waals surface area contributed by atoms with Gasteiger partial charge in [-0.05, 0) is 38.1 Å². The molecule has 4 nitrogen and oxygen atoms in total. The lowest BCUT2D eigenvalue weighted by Gasteiger charge is -2.12. The van der Waals surface area contributed by atoms with Gasteiger partial charge in [-0.2, -0.15) is 0 Å². The van der Waals surface area contributed by atoms with Gasteiger partial charge in [0.15, 0.2) is 0 Å². The van der Waals surface area contributed by atoms with Crippen molar-refractivity contribution < 1.29 is 0 Å². The van der Waals surface area contributed by atoms with Gasteiger partial charge in [0.05, 0.1) is 5.69 Å². The van der Waals surface area contributed by atoms with Crippen LogP contribution < -0.4 is 11.0 Å². The van der Waals surface area contributed by atoms with Crippen LogP contribution in [-0.2, 0) is 0 Å². The molecule has 0 saturated heterocycles. The van der Waals surface area contributed by atoms with E-state index in [1.807, 2.05) is 0 Å². The summed E-state index contributed by atoms with van der Waals surface area (Å²) in [7, 11) is 0. The predicted molar refractivity (Wildman–Crippen MR) is 68.4 cm³/mol. The molecule has 0 aliphatic heterocycles. The van der Waals surface area contributed by atoms with Crippen molar-refractivity contribution in [1.29, 1.82) is 0 Å². The highest BCUT2D eigenvalue weighted by Gasteiger charge is 2.02. The Bertz CT molecular complexity index is 590. The van der Waals surface area contributed by atoms with E-state index in [0.29, 0.717) is 16.5 Å². The molecule has 0 fully saturated rings. The van der Waals surface area contributed by atoms with Crippen LogP contribution in [0.1, 0.15) is 11.5 Å². The van der Waals surface area contributed by atoms with E-state index >= 15 is 0 Å². The first-order valence-corrected chi connectivity index (χ1v) is 5.54. The van der Waals surface area contributed by atoms with Crippen LogP contribution in [0.5, 0.6) is 0 Å². The Labute approximate surface area is 104 Å². The molecule has 88 valence electrons. The summed E-state index contributed by atoms with van der Waals surface area (Å²) in [6.07, 6.45) is 0. The van der Waals surface area contributed by atoms with Gasteiger partial charge in [-0.1, -0.05) is 11.6 Å². The lowest BCUT2D eigenvalue weighted by Crippen LogP contribution is -2.29. The van der Waals surface area contributed by atoms with E-state index in [-0.39, 0.29) is 5.56 Å². The third-order valence-electron chi connectivity index (χ3n) is 2.30. The summed E-state index contributed by atoms with van der Waals surface area (Å²) in [5, 5.41) is 0.654. The summed E-state index contributed by atoms with van der Waals surface area (Å²) in [5.41, 5.74) is 4.34. The molecule has 0 saturated carbocycles. The van der Waals surface area contributed by atoms with E-state index in [1.165, 1.54) is 10.7 Å². The van der Waals surface area contributed by atoms with E-state index in [0.717, 1.165) is 5.69 Å². The van der Waals surface area contributed by atoms with Gasteiger partial charge in [-0.25, -0.2) is 9.66 Å². The summed E-state index contributed by atoms with van der Waals surface area (Å²) in [5.74, 6) is 0.616. The van der Waals surface area contributed by atoms with E-state index in [2.05, 4.69) is 10.4 Å². The lowest BCUT2D eigenvalue weighted by molar-refractivity contribution is 0.795. The summed E-state index contributed by atoms with van der Waals surface area (Å²) >= 11 is 5.79. The molecule has 0 amide bonds. The molecule has 5 heteroatoms. The Morgan fingerprint density at radius 1 is 1.24 bits per heavy atom. The molecule has 17 heavy (non-hydrogen) atoms. The van der Waals surface area contributed by atoms with Crippen LogP contribution in [0.15, 0.2) is 35.1 Å². The highest BCUT2D eigenvalue weighted by Crippen LogP contribution is 2.13. The first-order chi connectivity index (χ1) is 8.06. The number of halogens is 1. The highest BCUT2D eigenvalue weighted by molar-refractivity contribution is 6.30. The predicted octanol–water partition coefficient (Wildman–Crippen LogP) is 2.39. The fourth-order valence-electron chi connectivity index (χ4n) is 1.53. The minimum atomic E-state index is -0.134. The Morgan fingerprint density at radius 3 is 2.47 bits per heavy atom. The van der Waals surface area contributed by atoms with Crippen molar-refractivity contribution in [2.45, 2.75) is 13.8 Å². The summed E-state index contributed by atoms with van der Waals surface area (Å²) < 4.78 is 1.40. The average Bonchev–Trinajstić information content (AvgIpc) is 2.26. The summed E-state index contributed by atoms with van der Waals surface area (Å²) in [6, 6.07) is 8.59. The standard InChI is InChI=1S/C12H12ClN3O/c1-8-7-12(17)16(9(2)14-8)15-11-5-3-10(13)4-6-11/h3-7,15H,1-2H3. The first-order valence-electron chi connectivity index (χ1n) is 5.16. The Hall–Kier alpha value is -1.81. The number of benzene rings is 1. The molecule has 1 aromatic carbocycles. The number of hydrogen-bond donors (Lipinski definition) is 1. The van der Waals surface area contributed by atoms with Crippen LogP contribution in [0.3, 0.4) is 0 Å². The van der Waals surface area contributed by atoms with Crippen molar-refractivity contribution in [2.75, 3.05) is 5.43 Å². The number of aromatic nitrogens is 2. The normalized spacial score (nSPS) is 10.3. The number of anilines is 1. The van der Waals surface area contributed by atoms with Gasteiger partial charge in [0.1, 0.15) is 5.82 Å². The molecule has 1 aromatic heterocycles. The SMILES string of the molecule is Cc1cc(=O)n(Nc2ccc(Cl)cc2)c(C)n1. The van der Waals surface area contributed by atoms with Gasteiger partial charge in [0.2, 0.25) is 0 Å². The highest BCUT2D eigenvalue weighted by atomic mass is 35.5. The second kappa shape index (κ2) is 4.59. The second-order valence-corrected chi connectivity index (χ2v) is 4.17. The zero-order chi connectivity index (χ0) is 12.4. The van der Waals surface area contributed by atoms with Crippen molar-refractivity contribution >= 4 is 17.3 Å². The summed E-state index contributed by atoms with van der Waals surface area (Å²) in [4.78, 5) is 16.0. The average molecular weight is 250 g/mol. The third-order valence-corrected chi connectivity index (χ3v) is 2.55. The largest absolute Gasteiger partial charge is 0.290 e. The van der Waals surface area contributed by atoms with Crippen LogP contribution in [0.4, 0.5) is 5.69 Å². The molecule has 0 spiro atoms. The van der Waals surface area contributed by atoms with E-state index in [9.17, 15) is 4.79 Å². The van der Waals surface area contributed by atoms with E-state index in [4.69, 9.17) is 11.6 Å². The molecule has 1 heterocycles. The second-order valence-electron chi connectivity index (χ2n) is 3.74. The lowest BCUT2D eigenvalue weighted by atomic mass is 10.3. The first kappa shape index (κ1) is 11.7. The maximum Gasteiger partial charge on any atom is 0.272 e. The molecule has 0 aliphatic rings. The molecule has 1 N–H and O–H groups in total. The van der Waals surface area contributed by atoms with Gasteiger partial charge < -0.3 is 0 Å². The van der Waals surface area contributed by atoms with Crippen molar-refractivity contribution in [3.05, 3.63) is 57.2 Å². The number of nitrogens with zero attached hydrogens (tertiary/aromatic N) is 2. The number of rotatable bonds is 2. The van der Waals surface area contributed by atoms with Gasteiger partial charge in [0, 0.05) is 16.8 Å². The van der Waals surface area contributed by atoms with Crippen molar-refractivity contribution in [2.24, 2.45) is 0 Å². The van der Waals surface area contributed by atoms with Crippen LogP contribution in [0.25, 0.3) is 0 Å². The minimum Gasteiger partial charge on any atom is -0.290 e. The topological polar surface area (TPSA) is 46.9 Å². The zero-order valence-electron chi connectivity index (χ0n) is 9.57. The van der Waals surface area contributed by atoms with Gasteiger partial charge >= 0.3 is 0 Å². The minimum absolute atomic E-state index is 0.134. The van der Waals surface area contributed by atoms with Crippen molar-refractivity contribution in [3.63, 3.8) is 0 Å². The van der Waals surface area contributed by atoms with Crippen LogP contribution in [-0.4, -0.2) is 9.66 Å². The molecule has 0 unspecified atom stereocenters. The molecule has 0 atom stereocenters. The van der Waals surface area contributed by atoms with Crippen LogP contribution >= 0.6 is 11.6 Å². The molecular weight excluding hydrogens is 238 g/mol. The summed E-state index contributed by atoms with van der Waals surface area (Å²) in [6.45, 7) is 3.57. The van der Waals surface area contributed by atoms with Gasteiger partial charge in [-0.15, -0.1) is 0 Å². The van der Waals surface area contributed by atoms with E-state index < -0.39 is 0 Å². The maximum absolute atomic E-state index is 11.8. The Morgan fingerprint density at radius 2 is 1.88 bits per heavy atom. The number of nitrogens with one attached hydrogen (secondary N) is 1. The van der Waals surface area contributed by atoms with Crippen molar-refractivity contribution in [3.8, 4) is 0 Å². The Kier molecular flexibility index (Phi) is 3.15. The van der Waals surface area contributed by atoms with E-state index in [1.54, 1.807) is 38.1 Å². The van der Waals surface area contributed by atoms with Gasteiger partial charge in [-0.3, -0.25) is 10.2 Å². The monoisotopic (exact) mass is 249 g/mol. The number of hydrogen-bond acceptors (Lipinski definition) is 3. The molecule has 0 aliphatic carbocycles. The zero-order valence-corrected chi connectivity index (χ0v) is 10.3. The molecule has 2 aromatic rings. The number of aryl methyl sites for hydroxylation is 2. The Balaban J connectivity index is 2.36. The van der Waals surface area contributed by atoms with Crippen LogP contribution in [0, 0.1) is 13.8 Å². The molecule has 0 radical (unpaired) electrons. The fraction of sp³-hybridized carbons (Fsp3) is 0.167. The third kappa shape index (κ3) is 2.65. The fourth-order valence-corrected chi connectivity index (χ4v) is 1.66. The quantitative estimate of drug-likeness (QED) is 0.889. The van der Waals surface area contributed by atoms with Crippen LogP contribution in [0.2, 0.25) is 5.02 Å². The maximum atomic E-state index is 11.8. The van der Waals surface area contributed by atoms with Crippen molar-refractivity contribution in [1.82, 2.24) is 9.66 Å². The molecule has 2 rings (SSSR count). The van der Waals surface area contributed by atoms with Gasteiger partial charge in [0.25, 0.3) is 5.56 Å². The molecular formula is C12H12ClN3O.